The van der Waals surface area contributed by atoms with Crippen molar-refractivity contribution in [1.29, 1.82) is 0 Å². The van der Waals surface area contributed by atoms with Crippen LogP contribution >= 0.6 is 34.2 Å². The molecule has 0 N–H and O–H groups in total. The molecule has 0 atom stereocenters. The van der Waals surface area contributed by atoms with E-state index in [2.05, 4.69) is 27.6 Å². The fraction of sp³-hybridized carbons (Fsp3) is 0.100. The highest BCUT2D eigenvalue weighted by Crippen LogP contribution is 2.21. The highest BCUT2D eigenvalue weighted by atomic mass is 127. The Labute approximate surface area is 100 Å². The van der Waals surface area contributed by atoms with Crippen molar-refractivity contribution < 1.29 is 4.42 Å². The van der Waals surface area contributed by atoms with E-state index in [-0.39, 0.29) is 0 Å². The summed E-state index contributed by atoms with van der Waals surface area (Å²) in [6.07, 6.45) is 1.68. The molecule has 0 unspecified atom stereocenters. The topological polar surface area (TPSA) is 26.0 Å². The van der Waals surface area contributed by atoms with Gasteiger partial charge in [-0.3, -0.25) is 0 Å². The monoisotopic (exact) mass is 319 g/mol. The van der Waals surface area contributed by atoms with Crippen LogP contribution in [0.2, 0.25) is 5.02 Å². The number of hydrogen-bond acceptors (Lipinski definition) is 2. The summed E-state index contributed by atoms with van der Waals surface area (Å²) in [6.45, 7) is 0. The predicted molar refractivity (Wildman–Crippen MR) is 64.7 cm³/mol. The Morgan fingerprint density at radius 3 is 2.57 bits per heavy atom. The molecule has 0 saturated carbocycles. The lowest BCUT2D eigenvalue weighted by Gasteiger charge is -1.94. The van der Waals surface area contributed by atoms with Crippen molar-refractivity contribution >= 4 is 34.2 Å². The first kappa shape index (κ1) is 9.98. The van der Waals surface area contributed by atoms with Gasteiger partial charge in [-0.2, -0.15) is 0 Å². The van der Waals surface area contributed by atoms with Gasteiger partial charge in [-0.1, -0.05) is 34.2 Å². The van der Waals surface area contributed by atoms with Gasteiger partial charge in [0, 0.05) is 15.0 Å². The minimum absolute atomic E-state index is 0.647. The summed E-state index contributed by atoms with van der Waals surface area (Å²) >= 11 is 8.03. The van der Waals surface area contributed by atoms with Crippen molar-refractivity contribution in [1.82, 2.24) is 4.98 Å². The van der Waals surface area contributed by atoms with Crippen LogP contribution in [0.3, 0.4) is 0 Å². The lowest BCUT2D eigenvalue weighted by Crippen LogP contribution is -1.78. The van der Waals surface area contributed by atoms with Crippen LogP contribution in [0.25, 0.3) is 11.5 Å². The maximum Gasteiger partial charge on any atom is 0.226 e. The van der Waals surface area contributed by atoms with Gasteiger partial charge in [0.1, 0.15) is 6.26 Å². The van der Waals surface area contributed by atoms with E-state index >= 15 is 0 Å². The molecule has 2 nitrogen and oxygen atoms in total. The molecule has 0 aliphatic carbocycles. The number of oxazole rings is 1. The number of alkyl halides is 1. The predicted octanol–water partition coefficient (Wildman–Crippen LogP) is 3.93. The molecular weight excluding hydrogens is 312 g/mol. The molecule has 0 aliphatic rings. The summed E-state index contributed by atoms with van der Waals surface area (Å²) in [5, 5.41) is 0.717. The standard InChI is InChI=1S/C10H7ClINO/c11-8-3-1-7(2-4-8)10-13-9(5-12)6-14-10/h1-4,6H,5H2. The molecule has 0 amide bonds. The lowest BCUT2D eigenvalue weighted by atomic mass is 10.2. The van der Waals surface area contributed by atoms with E-state index in [4.69, 9.17) is 16.0 Å². The van der Waals surface area contributed by atoms with E-state index in [9.17, 15) is 0 Å². The third-order valence-electron chi connectivity index (χ3n) is 1.78. The first-order valence-electron chi connectivity index (χ1n) is 4.06. The number of hydrogen-bond donors (Lipinski definition) is 0. The van der Waals surface area contributed by atoms with Crippen LogP contribution < -0.4 is 0 Å². The molecule has 2 aromatic rings. The van der Waals surface area contributed by atoms with Crippen molar-refractivity contribution in [3.63, 3.8) is 0 Å². The zero-order chi connectivity index (χ0) is 9.97. The Morgan fingerprint density at radius 1 is 1.29 bits per heavy atom. The Bertz CT molecular complexity index is 424. The molecule has 2 rings (SSSR count). The largest absolute Gasteiger partial charge is 0.444 e. The van der Waals surface area contributed by atoms with E-state index in [1.807, 2.05) is 24.3 Å². The minimum Gasteiger partial charge on any atom is -0.444 e. The molecule has 4 heteroatoms. The molecule has 0 saturated heterocycles. The first-order chi connectivity index (χ1) is 6.79. The van der Waals surface area contributed by atoms with Gasteiger partial charge in [0.2, 0.25) is 5.89 Å². The Morgan fingerprint density at radius 2 is 2.00 bits per heavy atom. The fourth-order valence-electron chi connectivity index (χ4n) is 1.09. The van der Waals surface area contributed by atoms with Gasteiger partial charge in [0.25, 0.3) is 0 Å². The SMILES string of the molecule is Clc1ccc(-c2nc(CI)co2)cc1. The van der Waals surface area contributed by atoms with Gasteiger partial charge >= 0.3 is 0 Å². The molecule has 1 aromatic heterocycles. The second-order valence-corrected chi connectivity index (χ2v) is 3.98. The van der Waals surface area contributed by atoms with Crippen molar-refractivity contribution in [3.05, 3.63) is 41.2 Å². The smallest absolute Gasteiger partial charge is 0.226 e. The van der Waals surface area contributed by atoms with Crippen molar-refractivity contribution in [2.75, 3.05) is 0 Å². The summed E-state index contributed by atoms with van der Waals surface area (Å²) in [6, 6.07) is 7.44. The highest BCUT2D eigenvalue weighted by Gasteiger charge is 2.04. The molecule has 0 spiro atoms. The maximum absolute atomic E-state index is 5.78. The molecule has 0 bridgehead atoms. The molecule has 0 radical (unpaired) electrons. The lowest BCUT2D eigenvalue weighted by molar-refractivity contribution is 0.573. The van der Waals surface area contributed by atoms with Gasteiger partial charge in [0.05, 0.1) is 5.69 Å². The van der Waals surface area contributed by atoms with E-state index in [1.54, 1.807) is 6.26 Å². The van der Waals surface area contributed by atoms with Crippen LogP contribution in [-0.2, 0) is 4.43 Å². The summed E-state index contributed by atoms with van der Waals surface area (Å²) in [5.74, 6) is 0.647. The van der Waals surface area contributed by atoms with Crippen molar-refractivity contribution in [2.24, 2.45) is 0 Å². The number of aromatic nitrogens is 1. The number of halogens is 2. The molecule has 0 fully saturated rings. The number of nitrogens with zero attached hydrogens (tertiary/aromatic N) is 1. The molecule has 0 aliphatic heterocycles. The van der Waals surface area contributed by atoms with Gasteiger partial charge < -0.3 is 4.42 Å². The van der Waals surface area contributed by atoms with Gasteiger partial charge in [-0.15, -0.1) is 0 Å². The average molecular weight is 320 g/mol. The summed E-state index contributed by atoms with van der Waals surface area (Å²) in [5.41, 5.74) is 1.90. The van der Waals surface area contributed by atoms with Crippen LogP contribution in [0.5, 0.6) is 0 Å². The van der Waals surface area contributed by atoms with Gasteiger partial charge in [-0.25, -0.2) is 4.98 Å². The molecule has 1 aromatic carbocycles. The van der Waals surface area contributed by atoms with Crippen molar-refractivity contribution in [3.8, 4) is 11.5 Å². The highest BCUT2D eigenvalue weighted by molar-refractivity contribution is 14.1. The van der Waals surface area contributed by atoms with E-state index < -0.39 is 0 Å². The van der Waals surface area contributed by atoms with E-state index in [0.717, 1.165) is 20.7 Å². The van der Waals surface area contributed by atoms with Crippen LogP contribution in [0.4, 0.5) is 0 Å². The van der Waals surface area contributed by atoms with Gasteiger partial charge in [-0.05, 0) is 24.3 Å². The average Bonchev–Trinajstić information content (AvgIpc) is 2.67. The third-order valence-corrected chi connectivity index (χ3v) is 2.81. The minimum atomic E-state index is 0.647. The number of benzene rings is 1. The van der Waals surface area contributed by atoms with Crippen LogP contribution in [0, 0.1) is 0 Å². The van der Waals surface area contributed by atoms with Crippen LogP contribution in [0.15, 0.2) is 34.9 Å². The zero-order valence-corrected chi connectivity index (χ0v) is 10.1. The summed E-state index contributed by atoms with van der Waals surface area (Å²) in [7, 11) is 0. The molecule has 72 valence electrons. The number of rotatable bonds is 2. The second-order valence-electron chi connectivity index (χ2n) is 2.78. The third kappa shape index (κ3) is 2.09. The normalized spacial score (nSPS) is 10.4. The first-order valence-corrected chi connectivity index (χ1v) is 5.96. The fourth-order valence-corrected chi connectivity index (χ4v) is 1.57. The Kier molecular flexibility index (Phi) is 3.08. The molecule has 14 heavy (non-hydrogen) atoms. The van der Waals surface area contributed by atoms with Gasteiger partial charge in [0.15, 0.2) is 0 Å². The van der Waals surface area contributed by atoms with E-state index in [0.29, 0.717) is 5.89 Å². The molecular formula is C10H7ClINO. The molecule has 1 heterocycles. The Hall–Kier alpha value is -0.550. The summed E-state index contributed by atoms with van der Waals surface area (Å²) < 4.78 is 6.18. The van der Waals surface area contributed by atoms with Crippen LogP contribution in [-0.4, -0.2) is 4.98 Å². The Balaban J connectivity index is 2.34. The maximum atomic E-state index is 5.78. The van der Waals surface area contributed by atoms with Crippen LogP contribution in [0.1, 0.15) is 5.69 Å². The second kappa shape index (κ2) is 4.31. The van der Waals surface area contributed by atoms with Crippen molar-refractivity contribution in [2.45, 2.75) is 4.43 Å². The quantitative estimate of drug-likeness (QED) is 0.619. The summed E-state index contributed by atoms with van der Waals surface area (Å²) in [4.78, 5) is 4.31. The zero-order valence-electron chi connectivity index (χ0n) is 7.21. The van der Waals surface area contributed by atoms with E-state index in [1.165, 1.54) is 0 Å².